The Kier molecular flexibility index (Phi) is 4.38. The molecule has 1 saturated heterocycles. The number of aliphatic hydroxyl groups is 1. The van der Waals surface area contributed by atoms with Crippen LogP contribution in [0.5, 0.6) is 5.75 Å². The lowest BCUT2D eigenvalue weighted by Gasteiger charge is -2.22. The standard InChI is InChI=1S/C21H15FN2O5/c1-11-9-16(23-29-11)24-18(13-3-2-4-15(25)10-13)17(20(27)21(24)28)19(26)12-5-7-14(22)8-6-12/h2-10,18,25-26H,1H3/t18-/m1/s1. The van der Waals surface area contributed by atoms with Crippen LogP contribution in [0.3, 0.4) is 0 Å². The van der Waals surface area contributed by atoms with Crippen molar-refractivity contribution in [3.05, 3.63) is 82.9 Å². The number of hydrogen-bond acceptors (Lipinski definition) is 6. The van der Waals surface area contributed by atoms with E-state index in [4.69, 9.17) is 4.52 Å². The molecule has 146 valence electrons. The highest BCUT2D eigenvalue weighted by Gasteiger charge is 2.48. The average Bonchev–Trinajstić information content (AvgIpc) is 3.23. The summed E-state index contributed by atoms with van der Waals surface area (Å²) in [5, 5.41) is 24.5. The Labute approximate surface area is 164 Å². The van der Waals surface area contributed by atoms with Crippen molar-refractivity contribution in [2.75, 3.05) is 4.90 Å². The van der Waals surface area contributed by atoms with Crippen molar-refractivity contribution in [3.63, 3.8) is 0 Å². The lowest BCUT2D eigenvalue weighted by molar-refractivity contribution is -0.132. The SMILES string of the molecule is Cc1cc(N2C(=O)C(=O)C(=C(O)c3ccc(F)cc3)[C@H]2c2cccc(O)c2)no1. The van der Waals surface area contributed by atoms with Crippen LogP contribution in [0.2, 0.25) is 0 Å². The van der Waals surface area contributed by atoms with E-state index in [0.29, 0.717) is 11.3 Å². The van der Waals surface area contributed by atoms with Gasteiger partial charge in [0.05, 0.1) is 11.6 Å². The molecule has 3 aromatic rings. The maximum Gasteiger partial charge on any atom is 0.301 e. The van der Waals surface area contributed by atoms with Crippen molar-refractivity contribution >= 4 is 23.3 Å². The molecule has 8 heteroatoms. The van der Waals surface area contributed by atoms with Gasteiger partial charge in [-0.3, -0.25) is 14.5 Å². The summed E-state index contributed by atoms with van der Waals surface area (Å²) in [6, 6.07) is 11.3. The van der Waals surface area contributed by atoms with Crippen LogP contribution in [0, 0.1) is 12.7 Å². The highest BCUT2D eigenvalue weighted by atomic mass is 19.1. The van der Waals surface area contributed by atoms with Crippen molar-refractivity contribution < 1.29 is 28.7 Å². The first-order valence-electron chi connectivity index (χ1n) is 8.66. The van der Waals surface area contributed by atoms with Crippen LogP contribution < -0.4 is 4.90 Å². The van der Waals surface area contributed by atoms with Crippen molar-refractivity contribution in [1.82, 2.24) is 5.16 Å². The number of anilines is 1. The minimum atomic E-state index is -1.06. The quantitative estimate of drug-likeness (QED) is 0.401. The van der Waals surface area contributed by atoms with Crippen LogP contribution in [-0.4, -0.2) is 27.1 Å². The molecule has 2 aromatic carbocycles. The second-order valence-corrected chi connectivity index (χ2v) is 6.57. The molecule has 0 aliphatic carbocycles. The Morgan fingerprint density at radius 3 is 2.48 bits per heavy atom. The average molecular weight is 394 g/mol. The second-order valence-electron chi connectivity index (χ2n) is 6.57. The van der Waals surface area contributed by atoms with Gasteiger partial charge >= 0.3 is 5.91 Å². The Hall–Kier alpha value is -3.94. The van der Waals surface area contributed by atoms with E-state index in [1.165, 1.54) is 30.3 Å². The number of phenolic OH excluding ortho intramolecular Hbond substituents is 1. The third kappa shape index (κ3) is 3.14. The molecule has 29 heavy (non-hydrogen) atoms. The summed E-state index contributed by atoms with van der Waals surface area (Å²) in [5.41, 5.74) is 0.354. The van der Waals surface area contributed by atoms with E-state index in [0.717, 1.165) is 17.0 Å². The van der Waals surface area contributed by atoms with Crippen LogP contribution >= 0.6 is 0 Å². The van der Waals surface area contributed by atoms with Gasteiger partial charge in [0.25, 0.3) is 5.78 Å². The van der Waals surface area contributed by atoms with Gasteiger partial charge in [-0.2, -0.15) is 0 Å². The van der Waals surface area contributed by atoms with Gasteiger partial charge in [0, 0.05) is 11.6 Å². The number of aliphatic hydroxyl groups excluding tert-OH is 1. The Morgan fingerprint density at radius 1 is 1.14 bits per heavy atom. The smallest absolute Gasteiger partial charge is 0.301 e. The number of aromatic nitrogens is 1. The zero-order valence-corrected chi connectivity index (χ0v) is 15.2. The topological polar surface area (TPSA) is 104 Å². The molecule has 2 heterocycles. The van der Waals surface area contributed by atoms with Crippen molar-refractivity contribution in [2.24, 2.45) is 0 Å². The van der Waals surface area contributed by atoms with E-state index in [1.54, 1.807) is 19.1 Å². The summed E-state index contributed by atoms with van der Waals surface area (Å²) >= 11 is 0. The summed E-state index contributed by atoms with van der Waals surface area (Å²) < 4.78 is 18.3. The van der Waals surface area contributed by atoms with Crippen molar-refractivity contribution in [2.45, 2.75) is 13.0 Å². The monoisotopic (exact) mass is 394 g/mol. The molecule has 7 nitrogen and oxygen atoms in total. The fourth-order valence-corrected chi connectivity index (χ4v) is 3.31. The number of carbonyl (C=O) groups is 2. The lowest BCUT2D eigenvalue weighted by Crippen LogP contribution is -2.29. The van der Waals surface area contributed by atoms with Gasteiger partial charge in [0.2, 0.25) is 0 Å². The number of rotatable bonds is 3. The van der Waals surface area contributed by atoms with Gasteiger partial charge in [-0.1, -0.05) is 17.3 Å². The first kappa shape index (κ1) is 18.4. The molecule has 1 aliphatic rings. The molecule has 2 N–H and O–H groups in total. The Bertz CT molecular complexity index is 1150. The number of nitrogens with zero attached hydrogens (tertiary/aromatic N) is 2. The summed E-state index contributed by atoms with van der Waals surface area (Å²) in [6.45, 7) is 1.63. The fraction of sp³-hybridized carbons (Fsp3) is 0.0952. The van der Waals surface area contributed by atoms with Gasteiger partial charge < -0.3 is 14.7 Å². The molecular weight excluding hydrogens is 379 g/mol. The van der Waals surface area contributed by atoms with E-state index in [9.17, 15) is 24.2 Å². The number of aromatic hydroxyl groups is 1. The second kappa shape index (κ2) is 6.90. The van der Waals surface area contributed by atoms with E-state index in [2.05, 4.69) is 5.16 Å². The normalized spacial score (nSPS) is 18.4. The number of ketones is 1. The zero-order chi connectivity index (χ0) is 20.7. The predicted octanol–water partition coefficient (Wildman–Crippen LogP) is 3.45. The van der Waals surface area contributed by atoms with Gasteiger partial charge in [-0.25, -0.2) is 4.39 Å². The number of carbonyl (C=O) groups excluding carboxylic acids is 2. The lowest BCUT2D eigenvalue weighted by atomic mass is 9.95. The van der Waals surface area contributed by atoms with Crippen LogP contribution in [0.1, 0.15) is 22.9 Å². The number of halogens is 1. The summed E-state index contributed by atoms with van der Waals surface area (Å²) in [4.78, 5) is 26.8. The van der Waals surface area contributed by atoms with E-state index in [-0.39, 0.29) is 22.7 Å². The highest BCUT2D eigenvalue weighted by molar-refractivity contribution is 6.51. The molecule has 1 atom stereocenters. The van der Waals surface area contributed by atoms with Crippen molar-refractivity contribution in [3.8, 4) is 5.75 Å². The molecule has 4 rings (SSSR count). The molecule has 1 amide bonds. The Balaban J connectivity index is 1.95. The number of phenols is 1. The van der Waals surface area contributed by atoms with Crippen LogP contribution in [-0.2, 0) is 9.59 Å². The molecule has 0 bridgehead atoms. The van der Waals surface area contributed by atoms with Gasteiger partial charge in [0.15, 0.2) is 5.82 Å². The minimum absolute atomic E-state index is 0.0776. The molecular formula is C21H15FN2O5. The third-order valence-electron chi connectivity index (χ3n) is 4.61. The maximum absolute atomic E-state index is 13.3. The van der Waals surface area contributed by atoms with Crippen LogP contribution in [0.25, 0.3) is 5.76 Å². The van der Waals surface area contributed by atoms with E-state index in [1.807, 2.05) is 0 Å². The number of amides is 1. The minimum Gasteiger partial charge on any atom is -0.508 e. The number of hydrogen-bond donors (Lipinski definition) is 2. The molecule has 1 aliphatic heterocycles. The predicted molar refractivity (Wildman–Crippen MR) is 101 cm³/mol. The summed E-state index contributed by atoms with van der Waals surface area (Å²) in [5.74, 6) is -2.36. The number of benzene rings is 2. The van der Waals surface area contributed by atoms with Gasteiger partial charge in [-0.05, 0) is 48.9 Å². The number of aryl methyl sites for hydroxylation is 1. The zero-order valence-electron chi connectivity index (χ0n) is 15.2. The Morgan fingerprint density at radius 2 is 1.86 bits per heavy atom. The van der Waals surface area contributed by atoms with E-state index < -0.39 is 29.3 Å². The molecule has 0 spiro atoms. The molecule has 0 unspecified atom stereocenters. The molecule has 1 aromatic heterocycles. The van der Waals surface area contributed by atoms with Crippen LogP contribution in [0.4, 0.5) is 10.2 Å². The van der Waals surface area contributed by atoms with Crippen molar-refractivity contribution in [1.29, 1.82) is 0 Å². The molecule has 1 fully saturated rings. The first-order valence-corrected chi connectivity index (χ1v) is 8.66. The largest absolute Gasteiger partial charge is 0.508 e. The van der Waals surface area contributed by atoms with E-state index >= 15 is 0 Å². The molecule has 0 radical (unpaired) electrons. The summed E-state index contributed by atoms with van der Waals surface area (Å²) in [6.07, 6.45) is 0. The number of Topliss-reactive ketones (excluding diaryl/α,β-unsaturated/α-hetero) is 1. The first-order chi connectivity index (χ1) is 13.9. The summed E-state index contributed by atoms with van der Waals surface area (Å²) in [7, 11) is 0. The van der Waals surface area contributed by atoms with Crippen LogP contribution in [0.15, 0.2) is 64.7 Å². The molecule has 0 saturated carbocycles. The fourth-order valence-electron chi connectivity index (χ4n) is 3.31. The third-order valence-corrected chi connectivity index (χ3v) is 4.61. The maximum atomic E-state index is 13.3. The highest BCUT2D eigenvalue weighted by Crippen LogP contribution is 2.42. The van der Waals surface area contributed by atoms with Gasteiger partial charge in [0.1, 0.15) is 23.1 Å². The van der Waals surface area contributed by atoms with Gasteiger partial charge in [-0.15, -0.1) is 0 Å².